The van der Waals surface area contributed by atoms with Gasteiger partial charge in [0.2, 0.25) is 0 Å². The number of rotatable bonds is 0. The highest BCUT2D eigenvalue weighted by molar-refractivity contribution is 9.10. The third-order valence-corrected chi connectivity index (χ3v) is 2.76. The average Bonchev–Trinajstić information content (AvgIpc) is 2.30. The summed E-state index contributed by atoms with van der Waals surface area (Å²) in [5, 5.41) is 2.82. The minimum absolute atomic E-state index is 0.00759. The second-order valence-corrected chi connectivity index (χ2v) is 3.70. The van der Waals surface area contributed by atoms with Gasteiger partial charge in [0.05, 0.1) is 0 Å². The first-order valence-corrected chi connectivity index (χ1v) is 4.72. The molecule has 1 aliphatic heterocycles. The Kier molecular flexibility index (Phi) is 1.92. The van der Waals surface area contributed by atoms with E-state index in [2.05, 4.69) is 26.2 Å². The van der Waals surface area contributed by atoms with E-state index in [9.17, 15) is 4.79 Å². The molecule has 3 nitrogen and oxygen atoms in total. The molecule has 0 spiro atoms. The second-order valence-electron chi connectivity index (χ2n) is 2.85. The fourth-order valence-corrected chi connectivity index (χ4v) is 1.94. The molecule has 2 N–H and O–H groups in total. The van der Waals surface area contributed by atoms with Gasteiger partial charge in [0.1, 0.15) is 5.69 Å². The van der Waals surface area contributed by atoms with Crippen LogP contribution in [-0.2, 0) is 6.42 Å². The Morgan fingerprint density at radius 2 is 2.33 bits per heavy atom. The number of carbonyl (C=O) groups is 1. The van der Waals surface area contributed by atoms with Crippen LogP contribution in [0.1, 0.15) is 22.5 Å². The van der Waals surface area contributed by atoms with Crippen molar-refractivity contribution >= 4 is 21.8 Å². The maximum absolute atomic E-state index is 11.4. The van der Waals surface area contributed by atoms with Crippen LogP contribution in [0.4, 0.5) is 0 Å². The molecule has 1 amide bonds. The number of aromatic nitrogens is 1. The van der Waals surface area contributed by atoms with Crippen molar-refractivity contribution in [3.63, 3.8) is 0 Å². The molecule has 2 heterocycles. The molecule has 0 radical (unpaired) electrons. The summed E-state index contributed by atoms with van der Waals surface area (Å²) in [6, 6.07) is 0. The second kappa shape index (κ2) is 2.94. The van der Waals surface area contributed by atoms with E-state index >= 15 is 0 Å². The lowest BCUT2D eigenvalue weighted by Crippen LogP contribution is -2.22. The number of H-pyrrole nitrogens is 1. The van der Waals surface area contributed by atoms with E-state index in [-0.39, 0.29) is 5.91 Å². The SMILES string of the molecule is O=C1NCCCc2c(Br)c[nH]c21. The van der Waals surface area contributed by atoms with Gasteiger partial charge in [-0.1, -0.05) is 0 Å². The topological polar surface area (TPSA) is 44.9 Å². The standard InChI is InChI=1S/C8H9BrN2O/c9-6-4-11-7-5(6)2-1-3-10-8(7)12/h4,11H,1-3H2,(H,10,12). The maximum Gasteiger partial charge on any atom is 0.268 e. The molecule has 1 aliphatic rings. The molecule has 1 aromatic heterocycles. The fourth-order valence-electron chi connectivity index (χ4n) is 1.43. The molecular formula is C8H9BrN2O. The van der Waals surface area contributed by atoms with Crippen molar-refractivity contribution in [2.45, 2.75) is 12.8 Å². The monoisotopic (exact) mass is 228 g/mol. The molecule has 0 aliphatic carbocycles. The molecule has 0 bridgehead atoms. The van der Waals surface area contributed by atoms with Gasteiger partial charge in [-0.15, -0.1) is 0 Å². The maximum atomic E-state index is 11.4. The first kappa shape index (κ1) is 7.86. The van der Waals surface area contributed by atoms with Crippen LogP contribution in [0.2, 0.25) is 0 Å². The van der Waals surface area contributed by atoms with Crippen molar-refractivity contribution in [3.8, 4) is 0 Å². The van der Waals surface area contributed by atoms with E-state index in [1.807, 2.05) is 6.20 Å². The third kappa shape index (κ3) is 1.16. The van der Waals surface area contributed by atoms with Gasteiger partial charge in [-0.25, -0.2) is 0 Å². The quantitative estimate of drug-likeness (QED) is 0.694. The Morgan fingerprint density at radius 1 is 1.50 bits per heavy atom. The largest absolute Gasteiger partial charge is 0.356 e. The number of nitrogens with one attached hydrogen (secondary N) is 2. The highest BCUT2D eigenvalue weighted by Crippen LogP contribution is 2.22. The lowest BCUT2D eigenvalue weighted by Gasteiger charge is -1.96. The normalized spacial score (nSPS) is 16.6. The fraction of sp³-hybridized carbons (Fsp3) is 0.375. The van der Waals surface area contributed by atoms with E-state index in [1.165, 1.54) is 0 Å². The van der Waals surface area contributed by atoms with E-state index < -0.39 is 0 Å². The number of carbonyl (C=O) groups excluding carboxylic acids is 1. The van der Waals surface area contributed by atoms with Crippen LogP contribution in [0, 0.1) is 0 Å². The first-order chi connectivity index (χ1) is 5.79. The van der Waals surface area contributed by atoms with Gasteiger partial charge in [0, 0.05) is 17.2 Å². The van der Waals surface area contributed by atoms with Crippen molar-refractivity contribution < 1.29 is 4.79 Å². The molecule has 64 valence electrons. The minimum atomic E-state index is 0.00759. The molecule has 4 heteroatoms. The van der Waals surface area contributed by atoms with Crippen molar-refractivity contribution in [3.05, 3.63) is 21.9 Å². The van der Waals surface area contributed by atoms with Crippen molar-refractivity contribution in [1.29, 1.82) is 0 Å². The molecule has 0 atom stereocenters. The Bertz CT molecular complexity index is 319. The van der Waals surface area contributed by atoms with Gasteiger partial charge in [-0.05, 0) is 34.3 Å². The number of amides is 1. The molecule has 12 heavy (non-hydrogen) atoms. The highest BCUT2D eigenvalue weighted by atomic mass is 79.9. The van der Waals surface area contributed by atoms with E-state index in [4.69, 9.17) is 0 Å². The van der Waals surface area contributed by atoms with Crippen molar-refractivity contribution in [2.75, 3.05) is 6.54 Å². The first-order valence-electron chi connectivity index (χ1n) is 3.93. The third-order valence-electron chi connectivity index (χ3n) is 2.05. The Labute approximate surface area is 78.7 Å². The summed E-state index contributed by atoms with van der Waals surface area (Å²) in [6.07, 6.45) is 3.78. The van der Waals surface area contributed by atoms with Crippen LogP contribution >= 0.6 is 15.9 Å². The number of aromatic amines is 1. The Morgan fingerprint density at radius 3 is 3.17 bits per heavy atom. The summed E-state index contributed by atoms with van der Waals surface area (Å²) in [5.41, 5.74) is 1.81. The summed E-state index contributed by atoms with van der Waals surface area (Å²) in [5.74, 6) is 0.00759. The predicted octanol–water partition coefficient (Wildman–Crippen LogP) is 1.45. The molecular weight excluding hydrogens is 220 g/mol. The van der Waals surface area contributed by atoms with Gasteiger partial charge in [-0.2, -0.15) is 0 Å². The van der Waals surface area contributed by atoms with Crippen LogP contribution in [0.5, 0.6) is 0 Å². The summed E-state index contributed by atoms with van der Waals surface area (Å²) < 4.78 is 1.01. The molecule has 0 saturated carbocycles. The summed E-state index contributed by atoms with van der Waals surface area (Å²) in [7, 11) is 0. The lowest BCUT2D eigenvalue weighted by molar-refractivity contribution is 0.0951. The van der Waals surface area contributed by atoms with Gasteiger partial charge in [-0.3, -0.25) is 4.79 Å². The molecule has 1 aromatic rings. The minimum Gasteiger partial charge on any atom is -0.356 e. The average molecular weight is 229 g/mol. The number of hydrogen-bond donors (Lipinski definition) is 2. The number of hydrogen-bond acceptors (Lipinski definition) is 1. The van der Waals surface area contributed by atoms with Gasteiger partial charge >= 0.3 is 0 Å². The number of halogens is 1. The summed E-state index contributed by atoms with van der Waals surface area (Å²) >= 11 is 3.40. The molecule has 0 aromatic carbocycles. The van der Waals surface area contributed by atoms with Gasteiger partial charge in [0.15, 0.2) is 0 Å². The van der Waals surface area contributed by atoms with Crippen LogP contribution in [0.25, 0.3) is 0 Å². The number of fused-ring (bicyclic) bond motifs is 1. The predicted molar refractivity (Wildman–Crippen MR) is 49.1 cm³/mol. The highest BCUT2D eigenvalue weighted by Gasteiger charge is 2.18. The van der Waals surface area contributed by atoms with Crippen LogP contribution in [0.3, 0.4) is 0 Å². The lowest BCUT2D eigenvalue weighted by atomic mass is 10.1. The molecule has 0 unspecified atom stereocenters. The zero-order valence-electron chi connectivity index (χ0n) is 6.48. The Balaban J connectivity index is 2.47. The van der Waals surface area contributed by atoms with E-state index in [1.54, 1.807) is 0 Å². The van der Waals surface area contributed by atoms with Crippen LogP contribution in [-0.4, -0.2) is 17.4 Å². The van der Waals surface area contributed by atoms with Crippen LogP contribution < -0.4 is 5.32 Å². The zero-order chi connectivity index (χ0) is 8.55. The van der Waals surface area contributed by atoms with E-state index in [0.29, 0.717) is 5.69 Å². The molecule has 0 saturated heterocycles. The smallest absolute Gasteiger partial charge is 0.268 e. The van der Waals surface area contributed by atoms with Crippen LogP contribution in [0.15, 0.2) is 10.7 Å². The van der Waals surface area contributed by atoms with E-state index in [0.717, 1.165) is 29.4 Å². The van der Waals surface area contributed by atoms with Crippen molar-refractivity contribution in [1.82, 2.24) is 10.3 Å². The molecule has 0 fully saturated rings. The van der Waals surface area contributed by atoms with Gasteiger partial charge in [0.25, 0.3) is 5.91 Å². The van der Waals surface area contributed by atoms with Gasteiger partial charge < -0.3 is 10.3 Å². The zero-order valence-corrected chi connectivity index (χ0v) is 8.07. The van der Waals surface area contributed by atoms with Crippen molar-refractivity contribution in [2.24, 2.45) is 0 Å². The summed E-state index contributed by atoms with van der Waals surface area (Å²) in [6.45, 7) is 0.772. The Hall–Kier alpha value is -0.770. The molecule has 2 rings (SSSR count). The summed E-state index contributed by atoms with van der Waals surface area (Å²) in [4.78, 5) is 14.3.